The summed E-state index contributed by atoms with van der Waals surface area (Å²) in [6.07, 6.45) is 3.50. The first kappa shape index (κ1) is 19.9. The van der Waals surface area contributed by atoms with Crippen LogP contribution in [-0.2, 0) is 0 Å². The van der Waals surface area contributed by atoms with Gasteiger partial charge in [-0.25, -0.2) is 0 Å². The quantitative estimate of drug-likeness (QED) is 0.265. The molecule has 0 saturated carbocycles. The van der Waals surface area contributed by atoms with Crippen molar-refractivity contribution in [3.63, 3.8) is 0 Å². The molecule has 0 nitrogen and oxygen atoms in total. The van der Waals surface area contributed by atoms with Crippen LogP contribution in [0.3, 0.4) is 0 Å². The zero-order valence-corrected chi connectivity index (χ0v) is 18.8. The van der Waals surface area contributed by atoms with Gasteiger partial charge in [0.2, 0.25) is 0 Å². The Kier molecular flexibility index (Phi) is 7.11. The number of hydrogen-bond acceptors (Lipinski definition) is 0. The molecule has 0 aliphatic heterocycles. The number of rotatable bonds is 7. The van der Waals surface area contributed by atoms with Crippen molar-refractivity contribution in [2.24, 2.45) is 0 Å². The van der Waals surface area contributed by atoms with Gasteiger partial charge in [-0.1, -0.05) is 0 Å². The average molecular weight is 457 g/mol. The van der Waals surface area contributed by atoms with Gasteiger partial charge in [0.15, 0.2) is 0 Å². The fourth-order valence-corrected chi connectivity index (χ4v) is 8.26. The van der Waals surface area contributed by atoms with Crippen molar-refractivity contribution in [1.29, 1.82) is 0 Å². The molecule has 0 heterocycles. The molecule has 0 radical (unpaired) electrons. The molecule has 2 heteroatoms. The Morgan fingerprint density at radius 2 is 1.03 bits per heavy atom. The molecule has 0 fully saturated rings. The Balaban J connectivity index is 1.71. The van der Waals surface area contributed by atoms with E-state index in [1.54, 1.807) is 0 Å². The van der Waals surface area contributed by atoms with E-state index in [0.29, 0.717) is 15.0 Å². The molecule has 0 bridgehead atoms. The van der Waals surface area contributed by atoms with Gasteiger partial charge in [0.25, 0.3) is 0 Å². The Morgan fingerprint density at radius 1 is 0.586 bits per heavy atom. The van der Waals surface area contributed by atoms with Crippen LogP contribution in [0.15, 0.2) is 126 Å². The molecule has 4 aromatic carbocycles. The van der Waals surface area contributed by atoms with Gasteiger partial charge in [0.1, 0.15) is 0 Å². The minimum absolute atomic E-state index is 0.307. The van der Waals surface area contributed by atoms with Crippen molar-refractivity contribution in [3.8, 4) is 0 Å². The van der Waals surface area contributed by atoms with Gasteiger partial charge in [-0.2, -0.15) is 0 Å². The summed E-state index contributed by atoms with van der Waals surface area (Å²) in [6.45, 7) is 0. The third-order valence-electron chi connectivity index (χ3n) is 4.57. The summed E-state index contributed by atoms with van der Waals surface area (Å²) >= 11 is 0.307. The second-order valence-corrected chi connectivity index (χ2v) is 11.4. The van der Waals surface area contributed by atoms with Crippen molar-refractivity contribution in [3.05, 3.63) is 131 Å². The fraction of sp³-hybridized carbons (Fsp3) is 0.0370. The van der Waals surface area contributed by atoms with Crippen LogP contribution in [0.1, 0.15) is 5.56 Å². The van der Waals surface area contributed by atoms with Crippen molar-refractivity contribution >= 4 is 44.0 Å². The number of allylic oxidation sites excluding steroid dienone is 1. The van der Waals surface area contributed by atoms with Crippen LogP contribution in [-0.4, -0.2) is 21.1 Å². The molecule has 0 spiro atoms. The van der Waals surface area contributed by atoms with Crippen molar-refractivity contribution in [1.82, 2.24) is 0 Å². The summed E-state index contributed by atoms with van der Waals surface area (Å²) in [5.41, 5.74) is 1.29. The van der Waals surface area contributed by atoms with E-state index in [4.69, 9.17) is 0 Å². The van der Waals surface area contributed by atoms with Gasteiger partial charge < -0.3 is 0 Å². The Morgan fingerprint density at radius 3 is 1.55 bits per heavy atom. The van der Waals surface area contributed by atoms with Crippen LogP contribution in [0.2, 0.25) is 0 Å². The molecule has 4 aromatic rings. The van der Waals surface area contributed by atoms with Crippen molar-refractivity contribution < 1.29 is 0 Å². The molecular weight excluding hydrogens is 434 g/mol. The van der Waals surface area contributed by atoms with E-state index in [0.717, 1.165) is 6.16 Å². The van der Waals surface area contributed by atoms with Crippen LogP contribution in [0.25, 0.3) is 6.08 Å². The Labute approximate surface area is 181 Å². The second kappa shape index (κ2) is 10.4. The maximum absolute atomic E-state index is 2.41. The van der Waals surface area contributed by atoms with Crippen LogP contribution in [0, 0.1) is 0 Å². The minimum atomic E-state index is -0.435. The van der Waals surface area contributed by atoms with Crippen LogP contribution in [0.5, 0.6) is 0 Å². The Hall–Kier alpha value is -2.43. The first-order valence-electron chi connectivity index (χ1n) is 9.75. The first-order chi connectivity index (χ1) is 14.4. The van der Waals surface area contributed by atoms with E-state index >= 15 is 0 Å². The number of benzene rings is 4. The SMILES string of the molecule is C(=C(\CP(c1ccccc1)c1ccccc1)[Se]c1ccccc1)/c1ccccc1. The molecule has 0 aromatic heterocycles. The van der Waals surface area contributed by atoms with Crippen LogP contribution >= 0.6 is 7.92 Å². The summed E-state index contributed by atoms with van der Waals surface area (Å²) in [7, 11) is -0.435. The van der Waals surface area contributed by atoms with Crippen molar-refractivity contribution in [2.45, 2.75) is 0 Å². The third-order valence-corrected chi connectivity index (χ3v) is 9.72. The van der Waals surface area contributed by atoms with Gasteiger partial charge >= 0.3 is 182 Å². The fourth-order valence-electron chi connectivity index (χ4n) is 3.19. The summed E-state index contributed by atoms with van der Waals surface area (Å²) in [5, 5.41) is 2.88. The first-order valence-corrected chi connectivity index (χ1v) is 13.0. The molecule has 4 rings (SSSR count). The topological polar surface area (TPSA) is 0 Å². The molecule has 0 amide bonds. The predicted molar refractivity (Wildman–Crippen MR) is 130 cm³/mol. The zero-order chi connectivity index (χ0) is 19.7. The molecule has 0 N–H and O–H groups in total. The summed E-state index contributed by atoms with van der Waals surface area (Å²) in [4.78, 5) is 0. The van der Waals surface area contributed by atoms with Gasteiger partial charge in [-0.3, -0.25) is 0 Å². The molecule has 0 atom stereocenters. The monoisotopic (exact) mass is 458 g/mol. The summed E-state index contributed by atoms with van der Waals surface area (Å²) in [6, 6.07) is 43.6. The molecule has 142 valence electrons. The van der Waals surface area contributed by atoms with Crippen LogP contribution in [0.4, 0.5) is 0 Å². The molecule has 0 unspecified atom stereocenters. The summed E-state index contributed by atoms with van der Waals surface area (Å²) in [5.74, 6) is 0. The van der Waals surface area contributed by atoms with E-state index in [-0.39, 0.29) is 0 Å². The molecule has 29 heavy (non-hydrogen) atoms. The van der Waals surface area contributed by atoms with Gasteiger partial charge in [-0.15, -0.1) is 0 Å². The van der Waals surface area contributed by atoms with E-state index in [2.05, 4.69) is 127 Å². The van der Waals surface area contributed by atoms with Gasteiger partial charge in [-0.05, 0) is 0 Å². The predicted octanol–water partition coefficient (Wildman–Crippen LogP) is 5.19. The van der Waals surface area contributed by atoms with E-state index in [1.165, 1.54) is 25.1 Å². The van der Waals surface area contributed by atoms with E-state index < -0.39 is 7.92 Å². The maximum atomic E-state index is 2.41. The van der Waals surface area contributed by atoms with E-state index in [1.807, 2.05) is 0 Å². The van der Waals surface area contributed by atoms with Gasteiger partial charge in [0, 0.05) is 0 Å². The average Bonchev–Trinajstić information content (AvgIpc) is 2.80. The van der Waals surface area contributed by atoms with Crippen LogP contribution < -0.4 is 15.1 Å². The molecule has 0 saturated heterocycles. The third kappa shape index (κ3) is 5.78. The van der Waals surface area contributed by atoms with E-state index in [9.17, 15) is 0 Å². The molecule has 0 aliphatic rings. The number of hydrogen-bond donors (Lipinski definition) is 0. The Bertz CT molecular complexity index is 989. The standard InChI is InChI=1S/C27H23PSe/c1-5-13-23(14-6-1)21-27(29-26-19-11-4-12-20-26)22-28(24-15-7-2-8-16-24)25-17-9-3-10-18-25/h1-21H,22H2/b27-21-. The summed E-state index contributed by atoms with van der Waals surface area (Å²) < 4.78 is 2.96. The molecule has 0 aliphatic carbocycles. The normalized spacial score (nSPS) is 11.6. The molecular formula is C27H23PSe. The second-order valence-electron chi connectivity index (χ2n) is 6.69. The van der Waals surface area contributed by atoms with Crippen molar-refractivity contribution in [2.75, 3.05) is 6.16 Å². The van der Waals surface area contributed by atoms with Gasteiger partial charge in [0.05, 0.1) is 0 Å². The zero-order valence-electron chi connectivity index (χ0n) is 16.2.